The summed E-state index contributed by atoms with van der Waals surface area (Å²) in [5.74, 6) is -0.652. The molecule has 3 aromatic rings. The molecule has 0 atom stereocenters. The molecule has 0 aliphatic heterocycles. The molecule has 0 amide bonds. The maximum absolute atomic E-state index is 11.6. The van der Waals surface area contributed by atoms with Crippen molar-refractivity contribution in [3.8, 4) is 0 Å². The molecule has 0 aliphatic rings. The van der Waals surface area contributed by atoms with E-state index in [9.17, 15) is 9.90 Å². The lowest BCUT2D eigenvalue weighted by molar-refractivity contribution is -0.131. The number of fused-ring (bicyclic) bond motifs is 1. The predicted molar refractivity (Wildman–Crippen MR) is 92.6 cm³/mol. The Morgan fingerprint density at radius 3 is 2.88 bits per heavy atom. The second kappa shape index (κ2) is 6.76. The number of para-hydroxylation sites is 1. The Morgan fingerprint density at radius 1 is 1.42 bits per heavy atom. The SMILES string of the molecule is C=CCn1cc(/C=C(\Sc2nnc(C)o2)C(=O)O)c2ccccc21. The van der Waals surface area contributed by atoms with E-state index in [-0.39, 0.29) is 10.1 Å². The Kier molecular flexibility index (Phi) is 4.52. The number of carboxylic acid groups (broad SMARTS) is 1. The van der Waals surface area contributed by atoms with Crippen LogP contribution in [0.5, 0.6) is 0 Å². The Morgan fingerprint density at radius 2 is 2.21 bits per heavy atom. The third-order valence-corrected chi connectivity index (χ3v) is 4.20. The molecule has 0 spiro atoms. The number of aromatic nitrogens is 3. The molecular weight excluding hydrogens is 326 g/mol. The largest absolute Gasteiger partial charge is 0.477 e. The summed E-state index contributed by atoms with van der Waals surface area (Å²) in [6.07, 6.45) is 5.33. The van der Waals surface area contributed by atoms with E-state index < -0.39 is 5.97 Å². The Labute approximate surface area is 142 Å². The van der Waals surface area contributed by atoms with Gasteiger partial charge in [0.15, 0.2) is 0 Å². The van der Waals surface area contributed by atoms with Crippen LogP contribution in [-0.4, -0.2) is 25.8 Å². The Bertz CT molecular complexity index is 940. The molecule has 2 heterocycles. The van der Waals surface area contributed by atoms with Crippen LogP contribution in [0.3, 0.4) is 0 Å². The normalized spacial score (nSPS) is 11.8. The van der Waals surface area contributed by atoms with Crippen molar-refractivity contribution in [2.45, 2.75) is 18.7 Å². The smallest absolute Gasteiger partial charge is 0.342 e. The fourth-order valence-electron chi connectivity index (χ4n) is 2.37. The second-order valence-electron chi connectivity index (χ2n) is 5.05. The summed E-state index contributed by atoms with van der Waals surface area (Å²) in [6, 6.07) is 7.82. The highest BCUT2D eigenvalue weighted by atomic mass is 32.2. The van der Waals surface area contributed by atoms with E-state index in [0.717, 1.165) is 28.2 Å². The lowest BCUT2D eigenvalue weighted by Gasteiger charge is -1.98. The zero-order valence-corrected chi connectivity index (χ0v) is 13.8. The molecule has 0 unspecified atom stereocenters. The standard InChI is InChI=1S/C17H15N3O3S/c1-3-8-20-10-12(13-6-4-5-7-14(13)20)9-15(16(21)22)24-17-19-18-11(2)23-17/h3-7,9-10H,1,8H2,2H3,(H,21,22)/b15-9-. The lowest BCUT2D eigenvalue weighted by atomic mass is 10.1. The number of benzene rings is 1. The van der Waals surface area contributed by atoms with Gasteiger partial charge in [-0.25, -0.2) is 4.79 Å². The molecule has 2 aromatic heterocycles. The number of carboxylic acids is 1. The maximum atomic E-state index is 11.6. The van der Waals surface area contributed by atoms with Crippen molar-refractivity contribution < 1.29 is 14.3 Å². The van der Waals surface area contributed by atoms with Gasteiger partial charge in [-0.1, -0.05) is 24.3 Å². The number of nitrogens with zero attached hydrogens (tertiary/aromatic N) is 3. The van der Waals surface area contributed by atoms with Gasteiger partial charge in [-0.3, -0.25) is 0 Å². The van der Waals surface area contributed by atoms with Crippen molar-refractivity contribution in [3.63, 3.8) is 0 Å². The number of allylic oxidation sites excluding steroid dienone is 1. The van der Waals surface area contributed by atoms with Crippen LogP contribution in [0.1, 0.15) is 11.5 Å². The minimum Gasteiger partial charge on any atom is -0.477 e. The van der Waals surface area contributed by atoms with Gasteiger partial charge in [0.2, 0.25) is 5.89 Å². The lowest BCUT2D eigenvalue weighted by Crippen LogP contribution is -1.96. The summed E-state index contributed by atoms with van der Waals surface area (Å²) >= 11 is 0.936. The molecule has 0 radical (unpaired) electrons. The summed E-state index contributed by atoms with van der Waals surface area (Å²) in [6.45, 7) is 6.06. The minimum absolute atomic E-state index is 0.111. The van der Waals surface area contributed by atoms with Crippen molar-refractivity contribution in [2.24, 2.45) is 0 Å². The number of carbonyl (C=O) groups is 1. The molecule has 0 saturated heterocycles. The van der Waals surface area contributed by atoms with Crippen LogP contribution in [0, 0.1) is 6.92 Å². The first-order chi connectivity index (χ1) is 11.6. The Balaban J connectivity index is 2.05. The maximum Gasteiger partial charge on any atom is 0.342 e. The van der Waals surface area contributed by atoms with Crippen LogP contribution in [0.15, 0.2) is 57.7 Å². The molecule has 122 valence electrons. The van der Waals surface area contributed by atoms with E-state index in [4.69, 9.17) is 4.42 Å². The summed E-state index contributed by atoms with van der Waals surface area (Å²) in [5.41, 5.74) is 1.83. The topological polar surface area (TPSA) is 81.2 Å². The molecule has 6 nitrogen and oxygen atoms in total. The van der Waals surface area contributed by atoms with Gasteiger partial charge in [0, 0.05) is 36.1 Å². The van der Waals surface area contributed by atoms with Gasteiger partial charge in [-0.05, 0) is 23.9 Å². The molecule has 24 heavy (non-hydrogen) atoms. The highest BCUT2D eigenvalue weighted by Gasteiger charge is 2.16. The van der Waals surface area contributed by atoms with Crippen molar-refractivity contribution in [1.82, 2.24) is 14.8 Å². The monoisotopic (exact) mass is 341 g/mol. The fraction of sp³-hybridized carbons (Fsp3) is 0.118. The van der Waals surface area contributed by atoms with Gasteiger partial charge >= 0.3 is 5.97 Å². The van der Waals surface area contributed by atoms with E-state index in [2.05, 4.69) is 16.8 Å². The number of aliphatic carboxylic acids is 1. The predicted octanol–water partition coefficient (Wildman–Crippen LogP) is 3.74. The molecule has 1 aromatic carbocycles. The molecule has 1 N–H and O–H groups in total. The number of hydrogen-bond acceptors (Lipinski definition) is 5. The number of hydrogen-bond donors (Lipinski definition) is 1. The Hall–Kier alpha value is -2.80. The molecule has 0 saturated carbocycles. The van der Waals surface area contributed by atoms with Crippen molar-refractivity contribution in [2.75, 3.05) is 0 Å². The van der Waals surface area contributed by atoms with E-state index >= 15 is 0 Å². The van der Waals surface area contributed by atoms with E-state index in [0.29, 0.717) is 12.4 Å². The van der Waals surface area contributed by atoms with Gasteiger partial charge in [-0.15, -0.1) is 16.8 Å². The second-order valence-corrected chi connectivity index (χ2v) is 6.04. The van der Waals surface area contributed by atoms with Crippen LogP contribution in [0.4, 0.5) is 0 Å². The fourth-order valence-corrected chi connectivity index (χ4v) is 3.08. The van der Waals surface area contributed by atoms with E-state index in [1.54, 1.807) is 19.1 Å². The molecular formula is C17H15N3O3S. The van der Waals surface area contributed by atoms with Crippen LogP contribution >= 0.6 is 11.8 Å². The molecule has 3 rings (SSSR count). The molecule has 0 aliphatic carbocycles. The molecule has 0 fully saturated rings. The van der Waals surface area contributed by atoms with Crippen LogP contribution in [0.25, 0.3) is 17.0 Å². The van der Waals surface area contributed by atoms with Crippen molar-refractivity contribution in [1.29, 1.82) is 0 Å². The van der Waals surface area contributed by atoms with Gasteiger partial charge in [0.05, 0.1) is 0 Å². The van der Waals surface area contributed by atoms with Gasteiger partial charge < -0.3 is 14.1 Å². The average Bonchev–Trinajstić information content (AvgIpc) is 3.12. The summed E-state index contributed by atoms with van der Waals surface area (Å²) in [7, 11) is 0. The van der Waals surface area contributed by atoms with Gasteiger partial charge in [-0.2, -0.15) is 0 Å². The van der Waals surface area contributed by atoms with Crippen LogP contribution in [0.2, 0.25) is 0 Å². The van der Waals surface area contributed by atoms with Crippen molar-refractivity contribution in [3.05, 3.63) is 59.5 Å². The average molecular weight is 341 g/mol. The number of aryl methyl sites for hydroxylation is 1. The summed E-state index contributed by atoms with van der Waals surface area (Å²) in [5, 5.41) is 18.2. The van der Waals surface area contributed by atoms with Gasteiger partial charge in [0.1, 0.15) is 4.91 Å². The van der Waals surface area contributed by atoms with Gasteiger partial charge in [0.25, 0.3) is 5.22 Å². The number of rotatable bonds is 6. The zero-order chi connectivity index (χ0) is 17.1. The molecule has 7 heteroatoms. The number of thioether (sulfide) groups is 1. The minimum atomic E-state index is -1.04. The van der Waals surface area contributed by atoms with Crippen molar-refractivity contribution >= 4 is 34.7 Å². The van der Waals surface area contributed by atoms with E-state index in [1.807, 2.05) is 35.0 Å². The zero-order valence-electron chi connectivity index (χ0n) is 13.0. The quantitative estimate of drug-likeness (QED) is 0.418. The third kappa shape index (κ3) is 3.26. The first-order valence-electron chi connectivity index (χ1n) is 7.20. The highest BCUT2D eigenvalue weighted by molar-refractivity contribution is 8.03. The summed E-state index contributed by atoms with van der Waals surface area (Å²) < 4.78 is 7.27. The first-order valence-corrected chi connectivity index (χ1v) is 8.02. The van der Waals surface area contributed by atoms with Crippen LogP contribution < -0.4 is 0 Å². The third-order valence-electron chi connectivity index (χ3n) is 3.35. The molecule has 0 bridgehead atoms. The van der Waals surface area contributed by atoms with E-state index in [1.165, 1.54) is 0 Å². The highest BCUT2D eigenvalue weighted by Crippen LogP contribution is 2.30. The first kappa shape index (κ1) is 16.1. The van der Waals surface area contributed by atoms with Crippen LogP contribution in [-0.2, 0) is 11.3 Å². The summed E-state index contributed by atoms with van der Waals surface area (Å²) in [4.78, 5) is 11.7.